The minimum atomic E-state index is -0.967. The molecule has 0 fully saturated rings. The molecule has 1 heterocycles. The van der Waals surface area contributed by atoms with E-state index in [0.29, 0.717) is 6.42 Å². The fourth-order valence-electron chi connectivity index (χ4n) is 2.51. The summed E-state index contributed by atoms with van der Waals surface area (Å²) in [6.07, 6.45) is 0.689. The predicted molar refractivity (Wildman–Crippen MR) is 92.3 cm³/mol. The van der Waals surface area contributed by atoms with Crippen LogP contribution < -0.4 is 5.73 Å². The van der Waals surface area contributed by atoms with E-state index < -0.39 is 16.8 Å². The normalized spacial score (nSPS) is 11.4. The molecule has 0 unspecified atom stereocenters. The lowest BCUT2D eigenvalue weighted by Crippen LogP contribution is -2.13. The predicted octanol–water partition coefficient (Wildman–Crippen LogP) is 2.95. The molecule has 2 aromatic rings. The Hall–Kier alpha value is -3.23. The minimum absolute atomic E-state index is 0.0308. The molecular weight excluding hydrogens is 343 g/mol. The summed E-state index contributed by atoms with van der Waals surface area (Å²) >= 11 is 0. The van der Waals surface area contributed by atoms with Crippen molar-refractivity contribution in [1.82, 2.24) is 9.78 Å². The van der Waals surface area contributed by atoms with Crippen LogP contribution in [-0.4, -0.2) is 27.4 Å². The number of ether oxygens (including phenoxy) is 1. The number of nitrogens with two attached hydrogens (primary N) is 1. The van der Waals surface area contributed by atoms with E-state index >= 15 is 0 Å². The molecule has 9 heteroatoms. The number of halogens is 1. The quantitative estimate of drug-likeness (QED) is 0.601. The van der Waals surface area contributed by atoms with E-state index in [1.807, 2.05) is 13.8 Å². The third-order valence-electron chi connectivity index (χ3n) is 3.89. The topological polar surface area (TPSA) is 113 Å². The first-order chi connectivity index (χ1) is 12.3. The van der Waals surface area contributed by atoms with Gasteiger partial charge in [-0.05, 0) is 25.5 Å². The monoisotopic (exact) mass is 362 g/mol. The molecule has 8 nitrogen and oxygen atoms in total. The van der Waals surface area contributed by atoms with Crippen LogP contribution in [0.15, 0.2) is 36.2 Å². The molecule has 0 aliphatic carbocycles. The van der Waals surface area contributed by atoms with Gasteiger partial charge in [-0.25, -0.2) is 9.18 Å². The molecule has 0 aliphatic heterocycles. The van der Waals surface area contributed by atoms with Crippen LogP contribution in [0, 0.1) is 24.0 Å². The SMILES string of the molecule is Cc1nn(C/C(F)=C/COC(N)=O)c(C)c1Cc1ccc([N+](=O)[O-])cc1. The van der Waals surface area contributed by atoms with Gasteiger partial charge in [-0.15, -0.1) is 0 Å². The number of non-ortho nitro benzene ring substituents is 1. The maximum absolute atomic E-state index is 13.9. The van der Waals surface area contributed by atoms with Crippen LogP contribution in [0.25, 0.3) is 0 Å². The summed E-state index contributed by atoms with van der Waals surface area (Å²) in [4.78, 5) is 20.7. The van der Waals surface area contributed by atoms with E-state index in [1.165, 1.54) is 16.8 Å². The number of aromatic nitrogens is 2. The van der Waals surface area contributed by atoms with E-state index in [0.717, 1.165) is 28.6 Å². The van der Waals surface area contributed by atoms with E-state index in [1.54, 1.807) is 12.1 Å². The van der Waals surface area contributed by atoms with E-state index in [-0.39, 0.29) is 18.8 Å². The van der Waals surface area contributed by atoms with Gasteiger partial charge in [-0.2, -0.15) is 5.10 Å². The van der Waals surface area contributed by atoms with Crippen LogP contribution in [0.4, 0.5) is 14.9 Å². The Bertz CT molecular complexity index is 843. The largest absolute Gasteiger partial charge is 0.445 e. The minimum Gasteiger partial charge on any atom is -0.445 e. The number of aryl methyl sites for hydroxylation is 1. The van der Waals surface area contributed by atoms with Gasteiger partial charge in [0.05, 0.1) is 17.2 Å². The summed E-state index contributed by atoms with van der Waals surface area (Å²) in [6.45, 7) is 3.32. The highest BCUT2D eigenvalue weighted by Crippen LogP contribution is 2.20. The fraction of sp³-hybridized carbons (Fsp3) is 0.294. The third-order valence-corrected chi connectivity index (χ3v) is 3.89. The van der Waals surface area contributed by atoms with Crippen LogP contribution in [0.5, 0.6) is 0 Å². The number of nitrogens with zero attached hydrogens (tertiary/aromatic N) is 3. The molecule has 2 N–H and O–H groups in total. The molecule has 0 radical (unpaired) electrons. The smallest absolute Gasteiger partial charge is 0.404 e. The number of primary amides is 1. The van der Waals surface area contributed by atoms with Crippen molar-refractivity contribution in [3.63, 3.8) is 0 Å². The average molecular weight is 362 g/mol. The van der Waals surface area contributed by atoms with E-state index in [2.05, 4.69) is 9.84 Å². The Morgan fingerprint density at radius 2 is 2.04 bits per heavy atom. The molecule has 0 bridgehead atoms. The molecule has 26 heavy (non-hydrogen) atoms. The molecule has 1 amide bonds. The molecule has 0 atom stereocenters. The summed E-state index contributed by atoms with van der Waals surface area (Å²) in [5.41, 5.74) is 8.21. The van der Waals surface area contributed by atoms with Crippen LogP contribution >= 0.6 is 0 Å². The number of carbonyl (C=O) groups excluding carboxylic acids is 1. The van der Waals surface area contributed by atoms with Crippen molar-refractivity contribution < 1.29 is 18.8 Å². The first kappa shape index (κ1) is 19.1. The maximum Gasteiger partial charge on any atom is 0.404 e. The van der Waals surface area contributed by atoms with Gasteiger partial charge in [0.2, 0.25) is 0 Å². The number of benzene rings is 1. The molecule has 1 aromatic carbocycles. The number of amides is 1. The van der Waals surface area contributed by atoms with Crippen molar-refractivity contribution in [2.45, 2.75) is 26.8 Å². The van der Waals surface area contributed by atoms with Crippen molar-refractivity contribution in [2.24, 2.45) is 5.73 Å². The molecule has 0 saturated carbocycles. The van der Waals surface area contributed by atoms with Crippen LogP contribution in [-0.2, 0) is 17.7 Å². The van der Waals surface area contributed by atoms with Crippen LogP contribution in [0.1, 0.15) is 22.5 Å². The maximum atomic E-state index is 13.9. The third kappa shape index (κ3) is 4.88. The molecule has 0 spiro atoms. The van der Waals surface area contributed by atoms with Gasteiger partial charge < -0.3 is 10.5 Å². The summed E-state index contributed by atoms with van der Waals surface area (Å²) < 4.78 is 19.9. The second-order valence-corrected chi connectivity index (χ2v) is 5.69. The number of carbonyl (C=O) groups is 1. The Labute approximate surface area is 149 Å². The summed E-state index contributed by atoms with van der Waals surface area (Å²) in [5.74, 6) is -0.501. The number of rotatable bonds is 7. The highest BCUT2D eigenvalue weighted by Gasteiger charge is 2.14. The Morgan fingerprint density at radius 3 is 2.62 bits per heavy atom. The lowest BCUT2D eigenvalue weighted by molar-refractivity contribution is -0.384. The number of hydrogen-bond donors (Lipinski definition) is 1. The molecule has 0 saturated heterocycles. The summed E-state index contributed by atoms with van der Waals surface area (Å²) in [6, 6.07) is 6.28. The van der Waals surface area contributed by atoms with Crippen LogP contribution in [0.2, 0.25) is 0 Å². The molecule has 1 aromatic heterocycles. The second-order valence-electron chi connectivity index (χ2n) is 5.69. The van der Waals surface area contributed by atoms with Crippen molar-refractivity contribution in [2.75, 3.05) is 6.61 Å². The van der Waals surface area contributed by atoms with Gasteiger partial charge in [0.15, 0.2) is 0 Å². The Balaban J connectivity index is 2.11. The lowest BCUT2D eigenvalue weighted by atomic mass is 10.0. The first-order valence-corrected chi connectivity index (χ1v) is 7.81. The molecule has 2 rings (SSSR count). The van der Waals surface area contributed by atoms with Crippen LogP contribution in [0.3, 0.4) is 0 Å². The van der Waals surface area contributed by atoms with Gasteiger partial charge in [0.1, 0.15) is 12.4 Å². The van der Waals surface area contributed by atoms with Gasteiger partial charge in [-0.1, -0.05) is 12.1 Å². The molecule has 0 aliphatic rings. The number of hydrogen-bond acceptors (Lipinski definition) is 5. The van der Waals surface area contributed by atoms with Gasteiger partial charge in [0, 0.05) is 29.8 Å². The highest BCUT2D eigenvalue weighted by atomic mass is 19.1. The van der Waals surface area contributed by atoms with Crippen molar-refractivity contribution in [3.05, 3.63) is 68.8 Å². The standard InChI is InChI=1S/C17H19FN4O4/c1-11-16(9-13-3-5-15(6-4-13)22(24)25)12(2)21(20-11)10-14(18)7-8-26-17(19)23/h3-7H,8-10H2,1-2H3,(H2,19,23)/b14-7-. The van der Waals surface area contributed by atoms with Gasteiger partial charge >= 0.3 is 6.09 Å². The Morgan fingerprint density at radius 1 is 1.38 bits per heavy atom. The first-order valence-electron chi connectivity index (χ1n) is 7.81. The van der Waals surface area contributed by atoms with Crippen molar-refractivity contribution >= 4 is 11.8 Å². The second kappa shape index (κ2) is 8.24. The van der Waals surface area contributed by atoms with Gasteiger partial charge in [-0.3, -0.25) is 14.8 Å². The molecular formula is C17H19FN4O4. The van der Waals surface area contributed by atoms with E-state index in [4.69, 9.17) is 5.73 Å². The lowest BCUT2D eigenvalue weighted by Gasteiger charge is -2.05. The average Bonchev–Trinajstić information content (AvgIpc) is 2.82. The molecule has 138 valence electrons. The van der Waals surface area contributed by atoms with Crippen molar-refractivity contribution in [1.29, 1.82) is 0 Å². The summed E-state index contributed by atoms with van der Waals surface area (Å²) in [7, 11) is 0. The van der Waals surface area contributed by atoms with Gasteiger partial charge in [0.25, 0.3) is 5.69 Å². The fourth-order valence-corrected chi connectivity index (χ4v) is 2.51. The number of allylic oxidation sites excluding steroid dienone is 1. The Kier molecular flexibility index (Phi) is 6.05. The van der Waals surface area contributed by atoms with Crippen molar-refractivity contribution in [3.8, 4) is 0 Å². The number of nitro benzene ring substituents is 1. The number of nitro groups is 1. The highest BCUT2D eigenvalue weighted by molar-refractivity contribution is 5.64. The zero-order chi connectivity index (χ0) is 19.3. The zero-order valence-electron chi connectivity index (χ0n) is 14.4. The summed E-state index contributed by atoms with van der Waals surface area (Å²) in [5, 5.41) is 15.0. The van der Waals surface area contributed by atoms with E-state index in [9.17, 15) is 19.3 Å². The zero-order valence-corrected chi connectivity index (χ0v) is 14.4.